The standard InChI is InChI=1S/C14H16ClN3O/c1-2-3-7-18-14(19)13-10-4-5-11(15)12(16)9(10)6-8-17-13/h4-6,8H,2-3,7,16H2,1H3,(H,18,19). The summed E-state index contributed by atoms with van der Waals surface area (Å²) < 4.78 is 0. The molecule has 0 bridgehead atoms. The van der Waals surface area contributed by atoms with Gasteiger partial charge in [-0.25, -0.2) is 0 Å². The zero-order valence-electron chi connectivity index (χ0n) is 10.7. The van der Waals surface area contributed by atoms with E-state index in [2.05, 4.69) is 17.2 Å². The van der Waals surface area contributed by atoms with Crippen LogP contribution in [0.3, 0.4) is 0 Å². The van der Waals surface area contributed by atoms with Crippen molar-refractivity contribution in [3.63, 3.8) is 0 Å². The lowest BCUT2D eigenvalue weighted by atomic mass is 10.1. The first-order valence-electron chi connectivity index (χ1n) is 6.26. The van der Waals surface area contributed by atoms with Crippen LogP contribution in [0.15, 0.2) is 24.4 Å². The number of anilines is 1. The maximum absolute atomic E-state index is 12.1. The number of benzene rings is 1. The number of rotatable bonds is 4. The van der Waals surface area contributed by atoms with Crippen LogP contribution < -0.4 is 11.1 Å². The van der Waals surface area contributed by atoms with Crippen LogP contribution in [-0.2, 0) is 0 Å². The molecule has 3 N–H and O–H groups in total. The monoisotopic (exact) mass is 277 g/mol. The van der Waals surface area contributed by atoms with Crippen LogP contribution in [0.5, 0.6) is 0 Å². The molecule has 1 aromatic heterocycles. The van der Waals surface area contributed by atoms with Gasteiger partial charge in [0.25, 0.3) is 5.91 Å². The molecule has 0 saturated carbocycles. The Hall–Kier alpha value is -1.81. The Labute approximate surface area is 117 Å². The first-order chi connectivity index (χ1) is 9.15. The fraction of sp³-hybridized carbons (Fsp3) is 0.286. The minimum absolute atomic E-state index is 0.180. The topological polar surface area (TPSA) is 68.0 Å². The van der Waals surface area contributed by atoms with Gasteiger partial charge in [-0.3, -0.25) is 9.78 Å². The number of unbranched alkanes of at least 4 members (excludes halogenated alkanes) is 1. The van der Waals surface area contributed by atoms with Gasteiger partial charge in [-0.2, -0.15) is 0 Å². The second-order valence-electron chi connectivity index (χ2n) is 4.33. The van der Waals surface area contributed by atoms with E-state index in [0.717, 1.165) is 23.6 Å². The fourth-order valence-electron chi connectivity index (χ4n) is 1.90. The van der Waals surface area contributed by atoms with Crippen molar-refractivity contribution >= 4 is 34.0 Å². The van der Waals surface area contributed by atoms with E-state index in [1.165, 1.54) is 0 Å². The highest BCUT2D eigenvalue weighted by Crippen LogP contribution is 2.29. The van der Waals surface area contributed by atoms with E-state index in [1.807, 2.05) is 0 Å². The number of halogens is 1. The Morgan fingerprint density at radius 3 is 2.89 bits per heavy atom. The number of aromatic nitrogens is 1. The van der Waals surface area contributed by atoms with Gasteiger partial charge in [-0.15, -0.1) is 0 Å². The van der Waals surface area contributed by atoms with Crippen LogP contribution in [0, 0.1) is 0 Å². The van der Waals surface area contributed by atoms with Crippen LogP contribution >= 0.6 is 11.6 Å². The highest BCUT2D eigenvalue weighted by atomic mass is 35.5. The Balaban J connectivity index is 2.39. The summed E-state index contributed by atoms with van der Waals surface area (Å²) in [5.41, 5.74) is 6.78. The molecule has 0 aliphatic heterocycles. The smallest absolute Gasteiger partial charge is 0.270 e. The van der Waals surface area contributed by atoms with Crippen molar-refractivity contribution in [2.75, 3.05) is 12.3 Å². The number of nitrogens with zero attached hydrogens (tertiary/aromatic N) is 1. The molecular weight excluding hydrogens is 262 g/mol. The zero-order chi connectivity index (χ0) is 13.8. The maximum atomic E-state index is 12.1. The zero-order valence-corrected chi connectivity index (χ0v) is 11.5. The van der Waals surface area contributed by atoms with Crippen molar-refractivity contribution in [2.24, 2.45) is 0 Å². The van der Waals surface area contributed by atoms with Gasteiger partial charge >= 0.3 is 0 Å². The van der Waals surface area contributed by atoms with E-state index in [-0.39, 0.29) is 5.91 Å². The van der Waals surface area contributed by atoms with Crippen LogP contribution in [0.4, 0.5) is 5.69 Å². The molecule has 1 aromatic carbocycles. The van der Waals surface area contributed by atoms with Gasteiger partial charge in [0.15, 0.2) is 0 Å². The van der Waals surface area contributed by atoms with Gasteiger partial charge < -0.3 is 11.1 Å². The summed E-state index contributed by atoms with van der Waals surface area (Å²) in [7, 11) is 0. The largest absolute Gasteiger partial charge is 0.397 e. The Morgan fingerprint density at radius 1 is 1.37 bits per heavy atom. The normalized spacial score (nSPS) is 10.6. The van der Waals surface area contributed by atoms with Gasteiger partial charge in [0, 0.05) is 23.5 Å². The minimum atomic E-state index is -0.180. The summed E-state index contributed by atoms with van der Waals surface area (Å²) >= 11 is 5.98. The van der Waals surface area contributed by atoms with Crippen molar-refractivity contribution in [3.05, 3.63) is 35.1 Å². The lowest BCUT2D eigenvalue weighted by molar-refractivity contribution is 0.0950. The van der Waals surface area contributed by atoms with Crippen LogP contribution in [0.1, 0.15) is 30.3 Å². The number of amides is 1. The highest BCUT2D eigenvalue weighted by molar-refractivity contribution is 6.34. The number of nitrogen functional groups attached to an aromatic ring is 1. The number of pyridine rings is 1. The first-order valence-corrected chi connectivity index (χ1v) is 6.63. The number of nitrogens with two attached hydrogens (primary N) is 1. The molecule has 0 radical (unpaired) electrons. The SMILES string of the molecule is CCCCNC(=O)c1nccc2c(N)c(Cl)ccc12. The lowest BCUT2D eigenvalue weighted by Gasteiger charge is -2.09. The molecule has 100 valence electrons. The molecule has 1 amide bonds. The van der Waals surface area contributed by atoms with Crippen molar-refractivity contribution in [1.82, 2.24) is 10.3 Å². The van der Waals surface area contributed by atoms with Crippen LogP contribution in [-0.4, -0.2) is 17.4 Å². The van der Waals surface area contributed by atoms with E-state index in [9.17, 15) is 4.79 Å². The average Bonchev–Trinajstić information content (AvgIpc) is 2.42. The molecule has 0 aliphatic carbocycles. The van der Waals surface area contributed by atoms with Gasteiger partial charge in [-0.1, -0.05) is 31.0 Å². The fourth-order valence-corrected chi connectivity index (χ4v) is 2.06. The van der Waals surface area contributed by atoms with Gasteiger partial charge in [-0.05, 0) is 18.6 Å². The van der Waals surface area contributed by atoms with Gasteiger partial charge in [0.2, 0.25) is 0 Å². The molecule has 0 spiro atoms. The predicted molar refractivity (Wildman–Crippen MR) is 78.4 cm³/mol. The molecule has 0 fully saturated rings. The summed E-state index contributed by atoms with van der Waals surface area (Å²) in [5, 5.41) is 4.81. The Bertz CT molecular complexity index is 613. The minimum Gasteiger partial charge on any atom is -0.397 e. The van der Waals surface area contributed by atoms with Crippen molar-refractivity contribution in [2.45, 2.75) is 19.8 Å². The summed E-state index contributed by atoms with van der Waals surface area (Å²) in [6.45, 7) is 2.72. The second kappa shape index (κ2) is 5.89. The summed E-state index contributed by atoms with van der Waals surface area (Å²) in [6.07, 6.45) is 3.56. The van der Waals surface area contributed by atoms with Crippen molar-refractivity contribution < 1.29 is 4.79 Å². The van der Waals surface area contributed by atoms with E-state index < -0.39 is 0 Å². The molecule has 4 nitrogen and oxygen atoms in total. The third kappa shape index (κ3) is 2.79. The molecule has 0 saturated heterocycles. The van der Waals surface area contributed by atoms with E-state index in [4.69, 9.17) is 17.3 Å². The molecule has 0 aliphatic rings. The quantitative estimate of drug-likeness (QED) is 0.667. The second-order valence-corrected chi connectivity index (χ2v) is 4.73. The molecular formula is C14H16ClN3O. The Morgan fingerprint density at radius 2 is 2.16 bits per heavy atom. The van der Waals surface area contributed by atoms with E-state index >= 15 is 0 Å². The molecule has 1 heterocycles. The number of hydrogen-bond acceptors (Lipinski definition) is 3. The van der Waals surface area contributed by atoms with Crippen molar-refractivity contribution in [3.8, 4) is 0 Å². The Kier molecular flexibility index (Phi) is 4.22. The third-order valence-electron chi connectivity index (χ3n) is 2.96. The molecule has 19 heavy (non-hydrogen) atoms. The average molecular weight is 278 g/mol. The third-order valence-corrected chi connectivity index (χ3v) is 3.29. The van der Waals surface area contributed by atoms with Crippen LogP contribution in [0.2, 0.25) is 5.02 Å². The molecule has 2 rings (SSSR count). The number of carbonyl (C=O) groups excluding carboxylic acids is 1. The number of nitrogens with one attached hydrogen (secondary N) is 1. The number of hydrogen-bond donors (Lipinski definition) is 2. The summed E-state index contributed by atoms with van der Waals surface area (Å²) in [4.78, 5) is 16.2. The lowest BCUT2D eigenvalue weighted by Crippen LogP contribution is -2.25. The summed E-state index contributed by atoms with van der Waals surface area (Å²) in [6, 6.07) is 5.22. The highest BCUT2D eigenvalue weighted by Gasteiger charge is 2.13. The predicted octanol–water partition coefficient (Wildman–Crippen LogP) is 3.00. The maximum Gasteiger partial charge on any atom is 0.270 e. The van der Waals surface area contributed by atoms with Crippen molar-refractivity contribution in [1.29, 1.82) is 0 Å². The van der Waals surface area contributed by atoms with Gasteiger partial charge in [0.1, 0.15) is 5.69 Å². The molecule has 5 heteroatoms. The molecule has 2 aromatic rings. The molecule has 0 atom stereocenters. The summed E-state index contributed by atoms with van der Waals surface area (Å²) in [5.74, 6) is -0.180. The van der Waals surface area contributed by atoms with Crippen LogP contribution in [0.25, 0.3) is 10.8 Å². The van der Waals surface area contributed by atoms with E-state index in [1.54, 1.807) is 24.4 Å². The van der Waals surface area contributed by atoms with E-state index in [0.29, 0.717) is 22.9 Å². The van der Waals surface area contributed by atoms with Gasteiger partial charge in [0.05, 0.1) is 10.7 Å². The molecule has 0 unspecified atom stereocenters. The number of fused-ring (bicyclic) bond motifs is 1. The first kappa shape index (κ1) is 13.6. The number of carbonyl (C=O) groups is 1.